The van der Waals surface area contributed by atoms with Gasteiger partial charge < -0.3 is 19.9 Å². The number of amides is 1. The summed E-state index contributed by atoms with van der Waals surface area (Å²) in [5.74, 6) is -0.512. The number of nitrogens with one attached hydrogen (secondary N) is 1. The zero-order valence-corrected chi connectivity index (χ0v) is 20.8. The van der Waals surface area contributed by atoms with E-state index in [1.807, 2.05) is 31.2 Å². The van der Waals surface area contributed by atoms with E-state index in [0.29, 0.717) is 31.7 Å². The monoisotopic (exact) mass is 650 g/mol. The molecule has 7 nitrogen and oxygen atoms in total. The molecule has 3 rings (SSSR count). The van der Waals surface area contributed by atoms with E-state index in [0.717, 1.165) is 14.8 Å². The van der Waals surface area contributed by atoms with E-state index in [9.17, 15) is 9.59 Å². The Balaban J connectivity index is 1.86. The summed E-state index contributed by atoms with van der Waals surface area (Å²) in [7, 11) is 0. The minimum absolute atomic E-state index is 0.233. The van der Waals surface area contributed by atoms with Crippen LogP contribution in [-0.4, -0.2) is 35.4 Å². The van der Waals surface area contributed by atoms with Crippen molar-refractivity contribution in [2.24, 2.45) is 4.99 Å². The maximum Gasteiger partial charge on any atom is 0.341 e. The molecule has 0 aliphatic carbocycles. The minimum Gasteiger partial charge on any atom is -0.490 e. The van der Waals surface area contributed by atoms with Crippen LogP contribution in [0.5, 0.6) is 11.5 Å². The molecule has 10 heteroatoms. The van der Waals surface area contributed by atoms with Crippen LogP contribution in [0, 0.1) is 7.14 Å². The summed E-state index contributed by atoms with van der Waals surface area (Å²) >= 11 is 5.52. The second kappa shape index (κ2) is 10.5. The number of hydrogen-bond donors (Lipinski definition) is 2. The maximum absolute atomic E-state index is 12.4. The number of amidine groups is 1. The molecule has 1 aliphatic heterocycles. The minimum atomic E-state index is -1.07. The molecule has 0 unspecified atom stereocenters. The molecule has 0 saturated carbocycles. The zero-order valence-electron chi connectivity index (χ0n) is 15.6. The Labute approximate surface area is 204 Å². The average Bonchev–Trinajstić information content (AvgIpc) is 3.00. The molecular formula is C20H16I2N2O5S. The van der Waals surface area contributed by atoms with Crippen molar-refractivity contribution in [1.82, 2.24) is 5.32 Å². The van der Waals surface area contributed by atoms with Crippen LogP contribution in [0.4, 0.5) is 5.69 Å². The molecular weight excluding hydrogens is 634 g/mol. The van der Waals surface area contributed by atoms with Crippen LogP contribution in [-0.2, 0) is 9.59 Å². The lowest BCUT2D eigenvalue weighted by Crippen LogP contribution is -2.19. The third kappa shape index (κ3) is 6.11. The Morgan fingerprint density at radius 2 is 2.07 bits per heavy atom. The predicted molar refractivity (Wildman–Crippen MR) is 133 cm³/mol. The topological polar surface area (TPSA) is 97.2 Å². The fourth-order valence-corrected chi connectivity index (χ4v) is 4.65. The summed E-state index contributed by atoms with van der Waals surface area (Å²) in [4.78, 5) is 28.2. The first-order valence-corrected chi connectivity index (χ1v) is 11.7. The molecule has 30 heavy (non-hydrogen) atoms. The van der Waals surface area contributed by atoms with Crippen LogP contribution < -0.4 is 14.8 Å². The van der Waals surface area contributed by atoms with E-state index in [4.69, 9.17) is 14.6 Å². The van der Waals surface area contributed by atoms with E-state index < -0.39 is 12.6 Å². The Morgan fingerprint density at radius 3 is 2.77 bits per heavy atom. The normalized spacial score (nSPS) is 16.0. The number of hydrogen-bond acceptors (Lipinski definition) is 6. The molecule has 1 aliphatic rings. The van der Waals surface area contributed by atoms with Crippen LogP contribution in [0.1, 0.15) is 12.5 Å². The van der Waals surface area contributed by atoms with Gasteiger partial charge in [-0.05, 0) is 106 Å². The quantitative estimate of drug-likeness (QED) is 0.335. The van der Waals surface area contributed by atoms with Gasteiger partial charge in [-0.1, -0.05) is 6.07 Å². The lowest BCUT2D eigenvalue weighted by atomic mass is 10.2. The van der Waals surface area contributed by atoms with Crippen molar-refractivity contribution in [1.29, 1.82) is 0 Å². The van der Waals surface area contributed by atoms with Crippen molar-refractivity contribution >= 4 is 85.8 Å². The summed E-state index contributed by atoms with van der Waals surface area (Å²) in [6, 6.07) is 11.2. The van der Waals surface area contributed by atoms with E-state index in [1.54, 1.807) is 18.2 Å². The third-order valence-corrected chi connectivity index (χ3v) is 6.04. The number of rotatable bonds is 7. The Morgan fingerprint density at radius 1 is 1.27 bits per heavy atom. The molecule has 2 aromatic rings. The number of nitrogens with zero attached hydrogens (tertiary/aromatic N) is 1. The highest BCUT2D eigenvalue weighted by Gasteiger charge is 2.24. The van der Waals surface area contributed by atoms with Crippen molar-refractivity contribution in [2.45, 2.75) is 6.92 Å². The lowest BCUT2D eigenvalue weighted by Gasteiger charge is -2.13. The van der Waals surface area contributed by atoms with Gasteiger partial charge in [0.15, 0.2) is 23.3 Å². The number of ether oxygens (including phenoxy) is 2. The largest absolute Gasteiger partial charge is 0.490 e. The second-order valence-corrected chi connectivity index (χ2v) is 9.35. The number of aliphatic carboxylic acids is 1. The van der Waals surface area contributed by atoms with Gasteiger partial charge in [0.1, 0.15) is 0 Å². The summed E-state index contributed by atoms with van der Waals surface area (Å²) in [6.45, 7) is 1.75. The molecule has 2 N–H and O–H groups in total. The average molecular weight is 650 g/mol. The fraction of sp³-hybridized carbons (Fsp3) is 0.150. The smallest absolute Gasteiger partial charge is 0.341 e. The number of carboxylic acid groups (broad SMARTS) is 1. The summed E-state index contributed by atoms with van der Waals surface area (Å²) in [5.41, 5.74) is 1.50. The number of benzene rings is 2. The molecule has 0 bridgehead atoms. The van der Waals surface area contributed by atoms with Gasteiger partial charge in [0.25, 0.3) is 5.91 Å². The van der Waals surface area contributed by atoms with Gasteiger partial charge in [-0.3, -0.25) is 4.79 Å². The van der Waals surface area contributed by atoms with Gasteiger partial charge >= 0.3 is 5.97 Å². The third-order valence-electron chi connectivity index (χ3n) is 3.66. The standard InChI is InChI=1S/C20H16I2N2O5S/c1-2-28-15-7-11(6-14(22)18(15)29-10-17(25)26)8-16-19(27)24-20(30-16)23-13-5-3-4-12(21)9-13/h3-9H,2,10H2,1H3,(H,25,26)(H,23,24,27)/b16-8+. The SMILES string of the molecule is CCOc1cc(/C=C2/SC(=Nc3cccc(I)c3)NC2=O)cc(I)c1OCC(=O)O. The number of carbonyl (C=O) groups excluding carboxylic acids is 1. The van der Waals surface area contributed by atoms with Gasteiger partial charge in [-0.15, -0.1) is 0 Å². The number of carbonyl (C=O) groups is 2. The van der Waals surface area contributed by atoms with Gasteiger partial charge in [-0.25, -0.2) is 9.79 Å². The first-order valence-electron chi connectivity index (χ1n) is 8.71. The predicted octanol–water partition coefficient (Wildman–Crippen LogP) is 4.65. The van der Waals surface area contributed by atoms with Gasteiger partial charge in [0.05, 0.1) is 20.8 Å². The summed E-state index contributed by atoms with van der Waals surface area (Å²) in [6.07, 6.45) is 1.74. The molecule has 1 fully saturated rings. The first-order chi connectivity index (χ1) is 14.4. The lowest BCUT2D eigenvalue weighted by molar-refractivity contribution is -0.139. The van der Waals surface area contributed by atoms with Crippen molar-refractivity contribution in [3.05, 3.63) is 54.0 Å². The molecule has 156 valence electrons. The highest BCUT2D eigenvalue weighted by atomic mass is 127. The van der Waals surface area contributed by atoms with Crippen LogP contribution in [0.3, 0.4) is 0 Å². The first kappa shape index (κ1) is 22.9. The molecule has 0 radical (unpaired) electrons. The van der Waals surface area contributed by atoms with Gasteiger partial charge in [-0.2, -0.15) is 0 Å². The highest BCUT2D eigenvalue weighted by Crippen LogP contribution is 2.36. The van der Waals surface area contributed by atoms with Crippen molar-refractivity contribution in [2.75, 3.05) is 13.2 Å². The number of aliphatic imine (C=N–C) groups is 1. The molecule has 2 aromatic carbocycles. The number of carboxylic acids is 1. The number of halogens is 2. The molecule has 0 aromatic heterocycles. The van der Waals surface area contributed by atoms with Crippen LogP contribution >= 0.6 is 56.9 Å². The Kier molecular flexibility index (Phi) is 7.99. The van der Waals surface area contributed by atoms with E-state index >= 15 is 0 Å². The van der Waals surface area contributed by atoms with E-state index in [1.165, 1.54) is 11.8 Å². The molecule has 0 atom stereocenters. The molecule has 0 spiro atoms. The highest BCUT2D eigenvalue weighted by molar-refractivity contribution is 14.1. The zero-order chi connectivity index (χ0) is 21.7. The van der Waals surface area contributed by atoms with Crippen molar-refractivity contribution < 1.29 is 24.2 Å². The fourth-order valence-electron chi connectivity index (χ4n) is 2.50. The van der Waals surface area contributed by atoms with E-state index in [2.05, 4.69) is 55.5 Å². The van der Waals surface area contributed by atoms with Gasteiger partial charge in [0.2, 0.25) is 0 Å². The molecule has 1 saturated heterocycles. The summed E-state index contributed by atoms with van der Waals surface area (Å²) in [5, 5.41) is 12.1. The van der Waals surface area contributed by atoms with Gasteiger partial charge in [0, 0.05) is 3.57 Å². The summed E-state index contributed by atoms with van der Waals surface area (Å²) < 4.78 is 12.7. The van der Waals surface area contributed by atoms with E-state index in [-0.39, 0.29) is 5.91 Å². The Bertz CT molecular complexity index is 1060. The molecule has 1 heterocycles. The maximum atomic E-state index is 12.4. The molecule has 1 amide bonds. The van der Waals surface area contributed by atoms with Crippen LogP contribution in [0.25, 0.3) is 6.08 Å². The van der Waals surface area contributed by atoms with Crippen molar-refractivity contribution in [3.63, 3.8) is 0 Å². The second-order valence-electron chi connectivity index (χ2n) is 5.91. The van der Waals surface area contributed by atoms with Crippen LogP contribution in [0.15, 0.2) is 46.3 Å². The number of thioether (sulfide) groups is 1. The van der Waals surface area contributed by atoms with Crippen molar-refractivity contribution in [3.8, 4) is 11.5 Å². The Hall–Kier alpha value is -1.80. The van der Waals surface area contributed by atoms with Crippen LogP contribution in [0.2, 0.25) is 0 Å².